The number of H-pyrrole nitrogens is 1. The van der Waals surface area contributed by atoms with E-state index in [0.717, 1.165) is 24.1 Å². The maximum Gasteiger partial charge on any atom is 0.332 e. The first kappa shape index (κ1) is 16.2. The normalized spacial score (nSPS) is 11.5. The Labute approximate surface area is 138 Å². The molecule has 8 nitrogen and oxygen atoms in total. The summed E-state index contributed by atoms with van der Waals surface area (Å²) in [6, 6.07) is 0. The second kappa shape index (κ2) is 6.10. The topological polar surface area (TPSA) is 90.5 Å². The smallest absolute Gasteiger partial charge is 0.332 e. The van der Waals surface area contributed by atoms with Crippen LogP contribution in [-0.4, -0.2) is 28.9 Å². The van der Waals surface area contributed by atoms with E-state index in [1.165, 1.54) is 4.57 Å². The molecule has 0 saturated carbocycles. The van der Waals surface area contributed by atoms with Gasteiger partial charge in [-0.2, -0.15) is 5.10 Å². The summed E-state index contributed by atoms with van der Waals surface area (Å²) in [6.07, 6.45) is 3.35. The number of aryl methyl sites for hydroxylation is 3. The van der Waals surface area contributed by atoms with E-state index in [1.54, 1.807) is 9.25 Å². The molecule has 0 fully saturated rings. The highest BCUT2D eigenvalue weighted by Crippen LogP contribution is 2.21. The molecule has 0 aliphatic heterocycles. The van der Waals surface area contributed by atoms with E-state index in [4.69, 9.17) is 0 Å². The van der Waals surface area contributed by atoms with Crippen molar-refractivity contribution in [3.63, 3.8) is 0 Å². The molecule has 128 valence electrons. The molecule has 0 saturated heterocycles. The van der Waals surface area contributed by atoms with Gasteiger partial charge in [0.25, 0.3) is 5.56 Å². The lowest BCUT2D eigenvalue weighted by atomic mass is 10.2. The van der Waals surface area contributed by atoms with E-state index in [-0.39, 0.29) is 11.2 Å². The zero-order valence-electron chi connectivity index (χ0n) is 14.5. The first-order valence-electron chi connectivity index (χ1n) is 8.21. The number of nitrogens with zero attached hydrogens (tertiary/aromatic N) is 5. The Morgan fingerprint density at radius 3 is 2.38 bits per heavy atom. The van der Waals surface area contributed by atoms with E-state index < -0.39 is 0 Å². The van der Waals surface area contributed by atoms with Gasteiger partial charge in [-0.1, -0.05) is 13.8 Å². The van der Waals surface area contributed by atoms with Crippen LogP contribution in [0.1, 0.15) is 32.4 Å². The van der Waals surface area contributed by atoms with Gasteiger partial charge >= 0.3 is 5.69 Å². The summed E-state index contributed by atoms with van der Waals surface area (Å²) in [7, 11) is 1.83. The Morgan fingerprint density at radius 1 is 1.12 bits per heavy atom. The number of nitrogens with one attached hydrogen (secondary N) is 1. The number of imidazole rings is 1. The van der Waals surface area contributed by atoms with Gasteiger partial charge < -0.3 is 4.98 Å². The molecule has 3 heterocycles. The highest BCUT2D eigenvalue weighted by Gasteiger charge is 2.18. The largest absolute Gasteiger partial charge is 0.332 e. The van der Waals surface area contributed by atoms with Gasteiger partial charge in [-0.05, 0) is 19.8 Å². The van der Waals surface area contributed by atoms with Crippen LogP contribution in [0.15, 0.2) is 15.8 Å². The summed E-state index contributed by atoms with van der Waals surface area (Å²) in [4.78, 5) is 33.0. The standard InChI is InChI=1S/C16H22N6O2/c1-5-7-21-14-12(15(23)22(8-6-2)16(21)24)17-13(18-14)11-9-20(4)19-10(11)3/h9H,5-8H2,1-4H3,(H,17,18). The molecule has 3 rings (SSSR count). The van der Waals surface area contributed by atoms with Crippen LogP contribution >= 0.6 is 0 Å². The van der Waals surface area contributed by atoms with Gasteiger partial charge in [0.1, 0.15) is 11.3 Å². The summed E-state index contributed by atoms with van der Waals surface area (Å²) in [5.74, 6) is 0.561. The minimum absolute atomic E-state index is 0.294. The molecule has 0 unspecified atom stereocenters. The number of fused-ring (bicyclic) bond motifs is 1. The van der Waals surface area contributed by atoms with Gasteiger partial charge in [0.05, 0.1) is 11.3 Å². The molecule has 0 atom stereocenters. The lowest BCUT2D eigenvalue weighted by Gasteiger charge is -2.09. The van der Waals surface area contributed by atoms with Crippen molar-refractivity contribution in [2.24, 2.45) is 7.05 Å². The van der Waals surface area contributed by atoms with Gasteiger partial charge in [0.2, 0.25) is 0 Å². The third kappa shape index (κ3) is 2.47. The molecule has 0 aliphatic carbocycles. The third-order valence-electron chi connectivity index (χ3n) is 4.02. The minimum Gasteiger partial charge on any atom is -0.332 e. The van der Waals surface area contributed by atoms with Crippen LogP contribution in [0.2, 0.25) is 0 Å². The van der Waals surface area contributed by atoms with Crippen LogP contribution in [0.25, 0.3) is 22.6 Å². The van der Waals surface area contributed by atoms with Crippen molar-refractivity contribution >= 4 is 11.2 Å². The van der Waals surface area contributed by atoms with Gasteiger partial charge in [0, 0.05) is 26.3 Å². The molecule has 0 aromatic carbocycles. The number of rotatable bonds is 5. The SMILES string of the molecule is CCCn1c(=O)c2[nH]c(-c3cn(C)nc3C)nc2n(CCC)c1=O. The lowest BCUT2D eigenvalue weighted by Crippen LogP contribution is -2.40. The van der Waals surface area contributed by atoms with Crippen molar-refractivity contribution in [2.75, 3.05) is 0 Å². The summed E-state index contributed by atoms with van der Waals surface area (Å²) < 4.78 is 4.57. The molecule has 0 radical (unpaired) electrons. The number of hydrogen-bond acceptors (Lipinski definition) is 4. The van der Waals surface area contributed by atoms with Crippen LogP contribution < -0.4 is 11.2 Å². The molecule has 0 spiro atoms. The molecular weight excluding hydrogens is 308 g/mol. The first-order chi connectivity index (χ1) is 11.5. The average molecular weight is 330 g/mol. The van der Waals surface area contributed by atoms with Crippen LogP contribution in [0.5, 0.6) is 0 Å². The molecule has 3 aromatic heterocycles. The van der Waals surface area contributed by atoms with E-state index in [0.29, 0.717) is 30.1 Å². The Balaban J connectivity index is 2.33. The van der Waals surface area contributed by atoms with Crippen LogP contribution in [0, 0.1) is 6.92 Å². The number of aromatic nitrogens is 6. The minimum atomic E-state index is -0.315. The summed E-state index contributed by atoms with van der Waals surface area (Å²) in [5.41, 5.74) is 1.81. The zero-order chi connectivity index (χ0) is 17.4. The van der Waals surface area contributed by atoms with Crippen molar-refractivity contribution in [3.05, 3.63) is 32.7 Å². The van der Waals surface area contributed by atoms with Crippen molar-refractivity contribution in [3.8, 4) is 11.4 Å². The number of aromatic amines is 1. The van der Waals surface area contributed by atoms with E-state index in [2.05, 4.69) is 15.1 Å². The van der Waals surface area contributed by atoms with Crippen molar-refractivity contribution in [1.29, 1.82) is 0 Å². The molecule has 8 heteroatoms. The van der Waals surface area contributed by atoms with Gasteiger partial charge in [0.15, 0.2) is 5.65 Å². The van der Waals surface area contributed by atoms with Crippen LogP contribution in [-0.2, 0) is 20.1 Å². The Kier molecular flexibility index (Phi) is 4.13. The fourth-order valence-electron chi connectivity index (χ4n) is 2.97. The first-order valence-corrected chi connectivity index (χ1v) is 8.21. The summed E-state index contributed by atoms with van der Waals surface area (Å²) in [5, 5.41) is 4.31. The fraction of sp³-hybridized carbons (Fsp3) is 0.500. The molecule has 1 N–H and O–H groups in total. The second-order valence-electron chi connectivity index (χ2n) is 5.98. The molecule has 0 bridgehead atoms. The fourth-order valence-corrected chi connectivity index (χ4v) is 2.97. The zero-order valence-corrected chi connectivity index (χ0v) is 14.5. The highest BCUT2D eigenvalue weighted by atomic mass is 16.2. The van der Waals surface area contributed by atoms with E-state index in [1.807, 2.05) is 34.0 Å². The van der Waals surface area contributed by atoms with Crippen molar-refractivity contribution in [2.45, 2.75) is 46.7 Å². The molecule has 24 heavy (non-hydrogen) atoms. The highest BCUT2D eigenvalue weighted by molar-refractivity contribution is 5.75. The van der Waals surface area contributed by atoms with Crippen molar-refractivity contribution < 1.29 is 0 Å². The average Bonchev–Trinajstić information content (AvgIpc) is 3.11. The number of hydrogen-bond donors (Lipinski definition) is 1. The Bertz CT molecular complexity index is 1000. The van der Waals surface area contributed by atoms with Gasteiger partial charge in [-0.25, -0.2) is 9.78 Å². The Morgan fingerprint density at radius 2 is 1.79 bits per heavy atom. The van der Waals surface area contributed by atoms with Crippen molar-refractivity contribution in [1.82, 2.24) is 28.9 Å². The predicted octanol–water partition coefficient (Wildman–Crippen LogP) is 1.42. The third-order valence-corrected chi connectivity index (χ3v) is 4.02. The maximum atomic E-state index is 12.7. The monoisotopic (exact) mass is 330 g/mol. The van der Waals surface area contributed by atoms with Gasteiger partial charge in [-0.3, -0.25) is 18.6 Å². The summed E-state index contributed by atoms with van der Waals surface area (Å²) >= 11 is 0. The van der Waals surface area contributed by atoms with E-state index >= 15 is 0 Å². The lowest BCUT2D eigenvalue weighted by molar-refractivity contribution is 0.555. The van der Waals surface area contributed by atoms with Crippen LogP contribution in [0.4, 0.5) is 0 Å². The molecular formula is C16H22N6O2. The van der Waals surface area contributed by atoms with Gasteiger partial charge in [-0.15, -0.1) is 0 Å². The second-order valence-corrected chi connectivity index (χ2v) is 5.98. The maximum absolute atomic E-state index is 12.7. The summed E-state index contributed by atoms with van der Waals surface area (Å²) in [6.45, 7) is 6.74. The molecule has 0 aliphatic rings. The predicted molar refractivity (Wildman–Crippen MR) is 92.1 cm³/mol. The molecule has 0 amide bonds. The molecule has 3 aromatic rings. The Hall–Kier alpha value is -2.64. The van der Waals surface area contributed by atoms with E-state index in [9.17, 15) is 9.59 Å². The van der Waals surface area contributed by atoms with Crippen LogP contribution in [0.3, 0.4) is 0 Å². The quantitative estimate of drug-likeness (QED) is 0.766.